The molecule has 0 radical (unpaired) electrons. The van der Waals surface area contributed by atoms with Gasteiger partial charge in [-0.2, -0.15) is 0 Å². The van der Waals surface area contributed by atoms with Crippen LogP contribution in [0.15, 0.2) is 24.3 Å². The molecule has 1 aliphatic rings. The van der Waals surface area contributed by atoms with Gasteiger partial charge in [-0.05, 0) is 31.0 Å². The molecule has 2 rings (SSSR count). The summed E-state index contributed by atoms with van der Waals surface area (Å²) in [6.45, 7) is 5.05. The topological polar surface area (TPSA) is 69.1 Å². The minimum atomic E-state index is -0.0921. The Morgan fingerprint density at radius 2 is 1.88 bits per heavy atom. The van der Waals surface area contributed by atoms with Crippen LogP contribution in [0.1, 0.15) is 25.3 Å². The predicted molar refractivity (Wildman–Crippen MR) is 94.6 cm³/mol. The zero-order chi connectivity index (χ0) is 18.1. The fourth-order valence-electron chi connectivity index (χ4n) is 3.13. The summed E-state index contributed by atoms with van der Waals surface area (Å²) in [5.41, 5.74) is 1.17. The molecule has 0 aromatic heterocycles. The molecule has 1 fully saturated rings. The molecule has 0 aliphatic carbocycles. The number of methoxy groups -OCH3 is 1. The molecule has 1 amide bonds. The van der Waals surface area contributed by atoms with Crippen molar-refractivity contribution in [3.8, 4) is 5.75 Å². The first-order valence-electron chi connectivity index (χ1n) is 9.02. The van der Waals surface area contributed by atoms with Crippen molar-refractivity contribution in [2.75, 3.05) is 39.9 Å². The van der Waals surface area contributed by atoms with Crippen LogP contribution >= 0.6 is 0 Å². The first-order chi connectivity index (χ1) is 12.1. The number of benzene rings is 1. The van der Waals surface area contributed by atoms with Crippen LogP contribution in [0.3, 0.4) is 0 Å². The van der Waals surface area contributed by atoms with Gasteiger partial charge in [0.15, 0.2) is 6.54 Å². The van der Waals surface area contributed by atoms with Crippen molar-refractivity contribution in [3.05, 3.63) is 29.8 Å². The lowest BCUT2D eigenvalue weighted by Crippen LogP contribution is -3.14. The Morgan fingerprint density at radius 3 is 2.48 bits per heavy atom. The van der Waals surface area contributed by atoms with E-state index in [1.54, 1.807) is 7.11 Å². The summed E-state index contributed by atoms with van der Waals surface area (Å²) in [6, 6.07) is 7.87. The number of likely N-dealkylation sites (tertiary alicyclic amines) is 1. The summed E-state index contributed by atoms with van der Waals surface area (Å²) in [5, 5.41) is 2.98. The Kier molecular flexibility index (Phi) is 7.73. The monoisotopic (exact) mass is 349 g/mol. The van der Waals surface area contributed by atoms with E-state index in [-0.39, 0.29) is 17.8 Å². The lowest BCUT2D eigenvalue weighted by Gasteiger charge is -2.27. The Labute approximate surface area is 149 Å². The third-order valence-corrected chi connectivity index (χ3v) is 4.62. The van der Waals surface area contributed by atoms with E-state index in [1.165, 1.54) is 10.5 Å². The maximum absolute atomic E-state index is 12.1. The fraction of sp³-hybridized carbons (Fsp3) is 0.579. The molecule has 6 nitrogen and oxygen atoms in total. The van der Waals surface area contributed by atoms with Gasteiger partial charge in [-0.25, -0.2) is 0 Å². The van der Waals surface area contributed by atoms with Crippen molar-refractivity contribution in [1.82, 2.24) is 5.32 Å². The average Bonchev–Trinajstić information content (AvgIpc) is 2.63. The van der Waals surface area contributed by atoms with Crippen molar-refractivity contribution >= 4 is 11.9 Å². The normalized spacial score (nSPS) is 19.9. The molecule has 1 heterocycles. The summed E-state index contributed by atoms with van der Waals surface area (Å²) in [4.78, 5) is 25.0. The van der Waals surface area contributed by atoms with E-state index >= 15 is 0 Å². The van der Waals surface area contributed by atoms with Crippen LogP contribution in [0.2, 0.25) is 0 Å². The molecule has 1 aliphatic heterocycles. The molecule has 138 valence electrons. The van der Waals surface area contributed by atoms with Gasteiger partial charge in [0.2, 0.25) is 0 Å². The molecular formula is C19H29N2O4+. The molecule has 6 heteroatoms. The van der Waals surface area contributed by atoms with Gasteiger partial charge in [-0.3, -0.25) is 9.59 Å². The number of rotatable bonds is 8. The molecule has 1 aromatic rings. The minimum Gasteiger partial charge on any atom is -0.497 e. The van der Waals surface area contributed by atoms with Gasteiger partial charge in [0.25, 0.3) is 5.91 Å². The number of carbonyl (C=O) groups excluding carboxylic acids is 2. The van der Waals surface area contributed by atoms with Gasteiger partial charge in [0.1, 0.15) is 5.75 Å². The second-order valence-electron chi connectivity index (χ2n) is 6.40. The van der Waals surface area contributed by atoms with Crippen molar-refractivity contribution in [3.63, 3.8) is 0 Å². The molecule has 1 saturated heterocycles. The number of amides is 1. The number of ether oxygens (including phenoxy) is 2. The minimum absolute atomic E-state index is 0.00170. The zero-order valence-corrected chi connectivity index (χ0v) is 15.2. The van der Waals surface area contributed by atoms with Crippen LogP contribution in [-0.2, 0) is 20.7 Å². The SMILES string of the molecule is CCOC(=O)C1CC[NH+](CC(=O)NCCc2ccc(OC)cc2)CC1. The van der Waals surface area contributed by atoms with Crippen LogP contribution < -0.4 is 15.0 Å². The first-order valence-corrected chi connectivity index (χ1v) is 9.02. The molecule has 25 heavy (non-hydrogen) atoms. The Morgan fingerprint density at radius 1 is 1.20 bits per heavy atom. The number of piperidine rings is 1. The van der Waals surface area contributed by atoms with Crippen LogP contribution in [0.4, 0.5) is 0 Å². The maximum Gasteiger partial charge on any atom is 0.309 e. The molecule has 0 atom stereocenters. The molecule has 0 bridgehead atoms. The van der Waals surface area contributed by atoms with E-state index in [0.29, 0.717) is 19.7 Å². The molecule has 1 aromatic carbocycles. The Hall–Kier alpha value is -2.08. The van der Waals surface area contributed by atoms with Crippen molar-refractivity contribution in [1.29, 1.82) is 0 Å². The van der Waals surface area contributed by atoms with Crippen LogP contribution in [0.5, 0.6) is 5.75 Å². The third kappa shape index (κ3) is 6.38. The fourth-order valence-corrected chi connectivity index (χ4v) is 3.13. The number of hydrogen-bond donors (Lipinski definition) is 2. The Balaban J connectivity index is 1.63. The van der Waals surface area contributed by atoms with Crippen LogP contribution in [-0.4, -0.2) is 51.8 Å². The number of carbonyl (C=O) groups is 2. The van der Waals surface area contributed by atoms with Gasteiger partial charge < -0.3 is 19.7 Å². The van der Waals surface area contributed by atoms with Crippen LogP contribution in [0, 0.1) is 5.92 Å². The average molecular weight is 349 g/mol. The molecule has 0 saturated carbocycles. The number of esters is 1. The second-order valence-corrected chi connectivity index (χ2v) is 6.40. The largest absolute Gasteiger partial charge is 0.497 e. The van der Waals surface area contributed by atoms with E-state index < -0.39 is 0 Å². The van der Waals surface area contributed by atoms with Crippen molar-refractivity contribution in [2.24, 2.45) is 5.92 Å². The van der Waals surface area contributed by atoms with Gasteiger partial charge in [-0.15, -0.1) is 0 Å². The van der Waals surface area contributed by atoms with E-state index in [4.69, 9.17) is 9.47 Å². The number of hydrogen-bond acceptors (Lipinski definition) is 4. The lowest BCUT2D eigenvalue weighted by molar-refractivity contribution is -0.897. The predicted octanol–water partition coefficient (Wildman–Crippen LogP) is 0.212. The summed E-state index contributed by atoms with van der Waals surface area (Å²) in [7, 11) is 1.65. The smallest absolute Gasteiger partial charge is 0.309 e. The van der Waals surface area contributed by atoms with Crippen molar-refractivity contribution < 1.29 is 24.0 Å². The van der Waals surface area contributed by atoms with Crippen LogP contribution in [0.25, 0.3) is 0 Å². The summed E-state index contributed by atoms with van der Waals surface area (Å²) in [5.74, 6) is 0.813. The van der Waals surface area contributed by atoms with Crippen molar-refractivity contribution in [2.45, 2.75) is 26.2 Å². The standard InChI is InChI=1S/C19H28N2O4/c1-3-25-19(23)16-9-12-21(13-10-16)14-18(22)20-11-8-15-4-6-17(24-2)7-5-15/h4-7,16H,3,8-14H2,1-2H3,(H,20,22)/p+1. The number of quaternary nitrogens is 1. The van der Waals surface area contributed by atoms with E-state index in [2.05, 4.69) is 5.32 Å². The molecule has 2 N–H and O–H groups in total. The summed E-state index contributed by atoms with van der Waals surface area (Å²) >= 11 is 0. The highest BCUT2D eigenvalue weighted by Crippen LogP contribution is 2.12. The highest BCUT2D eigenvalue weighted by Gasteiger charge is 2.29. The maximum atomic E-state index is 12.1. The van der Waals surface area contributed by atoms with Gasteiger partial charge in [0.05, 0.1) is 32.7 Å². The lowest BCUT2D eigenvalue weighted by atomic mass is 9.97. The number of nitrogens with one attached hydrogen (secondary N) is 2. The highest BCUT2D eigenvalue weighted by molar-refractivity contribution is 5.76. The molecule has 0 unspecified atom stereocenters. The van der Waals surface area contributed by atoms with E-state index in [0.717, 1.165) is 38.1 Å². The summed E-state index contributed by atoms with van der Waals surface area (Å²) < 4.78 is 10.2. The zero-order valence-electron chi connectivity index (χ0n) is 15.2. The molecule has 0 spiro atoms. The van der Waals surface area contributed by atoms with Gasteiger partial charge in [0, 0.05) is 19.4 Å². The molecular weight excluding hydrogens is 320 g/mol. The Bertz CT molecular complexity index is 551. The second kappa shape index (κ2) is 10.0. The van der Waals surface area contributed by atoms with E-state index in [1.807, 2.05) is 31.2 Å². The van der Waals surface area contributed by atoms with Gasteiger partial charge in [-0.1, -0.05) is 12.1 Å². The third-order valence-electron chi connectivity index (χ3n) is 4.62. The summed E-state index contributed by atoms with van der Waals surface area (Å²) in [6.07, 6.45) is 2.40. The van der Waals surface area contributed by atoms with E-state index in [9.17, 15) is 9.59 Å². The first kappa shape index (κ1) is 19.2. The quantitative estimate of drug-likeness (QED) is 0.659. The highest BCUT2D eigenvalue weighted by atomic mass is 16.5. The van der Waals surface area contributed by atoms with Gasteiger partial charge >= 0.3 is 5.97 Å².